The van der Waals surface area contributed by atoms with Crippen molar-refractivity contribution in [1.29, 1.82) is 0 Å². The fourth-order valence-corrected chi connectivity index (χ4v) is 1.83. The molecule has 0 aliphatic carbocycles. The van der Waals surface area contributed by atoms with Crippen LogP contribution in [0.5, 0.6) is 0 Å². The molecule has 0 bridgehead atoms. The molecule has 77 valence electrons. The van der Waals surface area contributed by atoms with Crippen molar-refractivity contribution in [3.8, 4) is 0 Å². The van der Waals surface area contributed by atoms with Gasteiger partial charge in [0.05, 0.1) is 6.61 Å². The summed E-state index contributed by atoms with van der Waals surface area (Å²) in [5.41, 5.74) is 0.859. The van der Waals surface area contributed by atoms with Crippen LogP contribution in [0.1, 0.15) is 32.3 Å². The number of hydrogen-bond donors (Lipinski definition) is 0. The summed E-state index contributed by atoms with van der Waals surface area (Å²) < 4.78 is 0. The molecule has 1 radical (unpaired) electrons. The van der Waals surface area contributed by atoms with E-state index in [0.29, 0.717) is 0 Å². The number of benzene rings is 1. The van der Waals surface area contributed by atoms with E-state index in [1.54, 1.807) is 0 Å². The van der Waals surface area contributed by atoms with Crippen molar-refractivity contribution in [2.24, 2.45) is 0 Å². The third-order valence-electron chi connectivity index (χ3n) is 2.66. The Morgan fingerprint density at radius 2 is 1.86 bits per heavy atom. The van der Waals surface area contributed by atoms with Gasteiger partial charge in [-0.1, -0.05) is 44.0 Å². The summed E-state index contributed by atoms with van der Waals surface area (Å²) in [7, 11) is 0. The van der Waals surface area contributed by atoms with Gasteiger partial charge in [-0.05, 0) is 24.1 Å². The standard InChI is InChI=1S/C12H16ClO/c1-3-8-12(2,9-14)10-4-6-11(13)7-5-10/h4-7H,3,8-9H2,1-2H3. The van der Waals surface area contributed by atoms with Gasteiger partial charge in [0.2, 0.25) is 0 Å². The zero-order chi connectivity index (χ0) is 10.6. The van der Waals surface area contributed by atoms with E-state index >= 15 is 0 Å². The molecule has 0 aromatic heterocycles. The van der Waals surface area contributed by atoms with Crippen molar-refractivity contribution in [2.75, 3.05) is 6.61 Å². The van der Waals surface area contributed by atoms with Gasteiger partial charge in [0.1, 0.15) is 0 Å². The normalized spacial score (nSPS) is 15.1. The fourth-order valence-electron chi connectivity index (χ4n) is 1.70. The largest absolute Gasteiger partial charge is 0.236 e. The molecule has 1 aromatic rings. The molecular weight excluding hydrogens is 196 g/mol. The van der Waals surface area contributed by atoms with E-state index in [2.05, 4.69) is 6.92 Å². The van der Waals surface area contributed by atoms with Crippen molar-refractivity contribution in [3.63, 3.8) is 0 Å². The van der Waals surface area contributed by atoms with Crippen LogP contribution in [-0.2, 0) is 10.5 Å². The van der Waals surface area contributed by atoms with Gasteiger partial charge in [0.15, 0.2) is 0 Å². The van der Waals surface area contributed by atoms with Crippen molar-refractivity contribution in [1.82, 2.24) is 0 Å². The van der Waals surface area contributed by atoms with Gasteiger partial charge in [-0.3, -0.25) is 0 Å². The van der Waals surface area contributed by atoms with Gasteiger partial charge in [-0.25, -0.2) is 5.11 Å². The number of hydrogen-bond acceptors (Lipinski definition) is 0. The molecule has 0 aliphatic heterocycles. The molecular formula is C12H16ClO. The van der Waals surface area contributed by atoms with E-state index in [1.165, 1.54) is 0 Å². The topological polar surface area (TPSA) is 19.9 Å². The molecule has 0 fully saturated rings. The SMILES string of the molecule is CCCC(C)(C[O])c1ccc(Cl)cc1. The molecule has 0 heterocycles. The van der Waals surface area contributed by atoms with Crippen LogP contribution in [0.3, 0.4) is 0 Å². The molecule has 0 saturated carbocycles. The molecule has 0 amide bonds. The lowest BCUT2D eigenvalue weighted by molar-refractivity contribution is 0.122. The Morgan fingerprint density at radius 1 is 1.29 bits per heavy atom. The maximum absolute atomic E-state index is 11.2. The van der Waals surface area contributed by atoms with Crippen LogP contribution < -0.4 is 0 Å². The predicted octanol–water partition coefficient (Wildman–Crippen LogP) is 3.83. The molecule has 0 spiro atoms. The summed E-state index contributed by atoms with van der Waals surface area (Å²) in [6.45, 7) is 4.05. The summed E-state index contributed by atoms with van der Waals surface area (Å²) in [5.74, 6) is 0. The third-order valence-corrected chi connectivity index (χ3v) is 2.91. The highest BCUT2D eigenvalue weighted by Gasteiger charge is 2.25. The molecule has 14 heavy (non-hydrogen) atoms. The van der Waals surface area contributed by atoms with Crippen LogP contribution in [0.25, 0.3) is 0 Å². The summed E-state index contributed by atoms with van der Waals surface area (Å²) in [6.07, 6.45) is 1.96. The van der Waals surface area contributed by atoms with E-state index < -0.39 is 0 Å². The lowest BCUT2D eigenvalue weighted by Crippen LogP contribution is -2.25. The fraction of sp³-hybridized carbons (Fsp3) is 0.500. The first kappa shape index (κ1) is 11.5. The molecule has 1 atom stereocenters. The van der Waals surface area contributed by atoms with Crippen LogP contribution in [-0.4, -0.2) is 6.61 Å². The van der Waals surface area contributed by atoms with Gasteiger partial charge in [-0.15, -0.1) is 0 Å². The van der Waals surface area contributed by atoms with E-state index in [0.717, 1.165) is 23.4 Å². The second kappa shape index (κ2) is 4.81. The Balaban J connectivity index is 2.94. The first-order chi connectivity index (χ1) is 6.62. The number of rotatable bonds is 4. The van der Waals surface area contributed by atoms with Crippen molar-refractivity contribution in [2.45, 2.75) is 32.1 Å². The summed E-state index contributed by atoms with van der Waals surface area (Å²) in [4.78, 5) is 0. The maximum atomic E-state index is 11.2. The van der Waals surface area contributed by atoms with Crippen molar-refractivity contribution in [3.05, 3.63) is 34.9 Å². The molecule has 0 aliphatic rings. The van der Waals surface area contributed by atoms with Crippen LogP contribution in [0.4, 0.5) is 0 Å². The minimum atomic E-state index is -0.237. The highest BCUT2D eigenvalue weighted by atomic mass is 35.5. The zero-order valence-electron chi connectivity index (χ0n) is 8.72. The van der Waals surface area contributed by atoms with Gasteiger partial charge in [0, 0.05) is 10.4 Å². The lowest BCUT2D eigenvalue weighted by atomic mass is 9.79. The minimum absolute atomic E-state index is 0.0670. The van der Waals surface area contributed by atoms with Gasteiger partial charge in [0.25, 0.3) is 0 Å². The Bertz CT molecular complexity index is 281. The Labute approximate surface area is 90.7 Å². The highest BCUT2D eigenvalue weighted by molar-refractivity contribution is 6.30. The maximum Gasteiger partial charge on any atom is 0.0916 e. The summed E-state index contributed by atoms with van der Waals surface area (Å²) in [5, 5.41) is 11.9. The Hall–Kier alpha value is -0.530. The first-order valence-corrected chi connectivity index (χ1v) is 5.34. The van der Waals surface area contributed by atoms with E-state index in [4.69, 9.17) is 11.6 Å². The molecule has 1 aromatic carbocycles. The van der Waals surface area contributed by atoms with Gasteiger partial charge < -0.3 is 0 Å². The molecule has 1 unspecified atom stereocenters. The van der Waals surface area contributed by atoms with Crippen LogP contribution in [0.15, 0.2) is 24.3 Å². The smallest absolute Gasteiger partial charge is 0.0916 e. The Morgan fingerprint density at radius 3 is 2.29 bits per heavy atom. The van der Waals surface area contributed by atoms with Crippen molar-refractivity contribution >= 4 is 11.6 Å². The lowest BCUT2D eigenvalue weighted by Gasteiger charge is -2.26. The zero-order valence-corrected chi connectivity index (χ0v) is 9.47. The van der Waals surface area contributed by atoms with E-state index in [-0.39, 0.29) is 12.0 Å². The van der Waals surface area contributed by atoms with Gasteiger partial charge in [-0.2, -0.15) is 0 Å². The molecule has 1 nitrogen and oxygen atoms in total. The molecule has 2 heteroatoms. The minimum Gasteiger partial charge on any atom is -0.236 e. The average Bonchev–Trinajstić information content (AvgIpc) is 2.19. The van der Waals surface area contributed by atoms with Crippen molar-refractivity contribution < 1.29 is 5.11 Å². The first-order valence-electron chi connectivity index (χ1n) is 4.96. The molecule has 1 rings (SSSR count). The quantitative estimate of drug-likeness (QED) is 0.722. The molecule has 0 saturated heterocycles. The Kier molecular flexibility index (Phi) is 3.97. The monoisotopic (exact) mass is 211 g/mol. The summed E-state index contributed by atoms with van der Waals surface area (Å²) in [6, 6.07) is 7.60. The van der Waals surface area contributed by atoms with Crippen LogP contribution in [0, 0.1) is 0 Å². The van der Waals surface area contributed by atoms with E-state index in [1.807, 2.05) is 31.2 Å². The summed E-state index contributed by atoms with van der Waals surface area (Å²) >= 11 is 5.80. The highest BCUT2D eigenvalue weighted by Crippen LogP contribution is 2.29. The van der Waals surface area contributed by atoms with Gasteiger partial charge >= 0.3 is 0 Å². The second-order valence-electron chi connectivity index (χ2n) is 3.96. The second-order valence-corrected chi connectivity index (χ2v) is 4.40. The predicted molar refractivity (Wildman–Crippen MR) is 59.3 cm³/mol. The van der Waals surface area contributed by atoms with Crippen LogP contribution in [0.2, 0.25) is 5.02 Å². The number of halogens is 1. The van der Waals surface area contributed by atoms with Crippen LogP contribution >= 0.6 is 11.6 Å². The average molecular weight is 212 g/mol. The van der Waals surface area contributed by atoms with E-state index in [9.17, 15) is 5.11 Å². The molecule has 0 N–H and O–H groups in total. The third kappa shape index (κ3) is 2.49.